The fourth-order valence-corrected chi connectivity index (χ4v) is 3.26. The van der Waals surface area contributed by atoms with Gasteiger partial charge in [-0.1, -0.05) is 42.5 Å². The quantitative estimate of drug-likeness (QED) is 0.470. The number of fused-ring (bicyclic) bond motifs is 3. The smallest absolute Gasteiger partial charge is 0.267 e. The van der Waals surface area contributed by atoms with Crippen LogP contribution in [0.5, 0.6) is 5.75 Å². The Balaban J connectivity index is 1.41. The van der Waals surface area contributed by atoms with Gasteiger partial charge >= 0.3 is 0 Å². The van der Waals surface area contributed by atoms with E-state index in [4.69, 9.17) is 0 Å². The Morgan fingerprint density at radius 3 is 2.62 bits per heavy atom. The van der Waals surface area contributed by atoms with Gasteiger partial charge in [-0.25, -0.2) is 0 Å². The van der Waals surface area contributed by atoms with Gasteiger partial charge in [0.1, 0.15) is 11.4 Å². The first-order chi connectivity index (χ1) is 12.7. The summed E-state index contributed by atoms with van der Waals surface area (Å²) in [6, 6.07) is 21.3. The van der Waals surface area contributed by atoms with Crippen molar-refractivity contribution in [1.29, 1.82) is 0 Å². The van der Waals surface area contributed by atoms with E-state index in [2.05, 4.69) is 28.5 Å². The van der Waals surface area contributed by atoms with Gasteiger partial charge in [0.15, 0.2) is 0 Å². The number of rotatable bonds is 5. The van der Waals surface area contributed by atoms with Crippen molar-refractivity contribution in [2.24, 2.45) is 0 Å². The van der Waals surface area contributed by atoms with Crippen molar-refractivity contribution in [3.05, 3.63) is 78.0 Å². The molecule has 0 aliphatic carbocycles. The second-order valence-corrected chi connectivity index (χ2v) is 6.46. The number of hydrogen-bond donors (Lipinski definition) is 3. The Morgan fingerprint density at radius 1 is 0.962 bits per heavy atom. The number of carbonyl (C=O) groups excluding carboxylic acids is 1. The van der Waals surface area contributed by atoms with Crippen molar-refractivity contribution in [3.8, 4) is 5.75 Å². The Kier molecular flexibility index (Phi) is 4.32. The maximum absolute atomic E-state index is 12.4. The van der Waals surface area contributed by atoms with Crippen molar-refractivity contribution in [3.63, 3.8) is 0 Å². The number of aromatic amines is 1. The number of nitrogens with one attached hydrogen (secondary N) is 2. The minimum absolute atomic E-state index is 0.0870. The van der Waals surface area contributed by atoms with Crippen LogP contribution in [-0.2, 0) is 6.42 Å². The third-order valence-electron chi connectivity index (χ3n) is 4.64. The monoisotopic (exact) mass is 344 g/mol. The van der Waals surface area contributed by atoms with Crippen LogP contribution in [0.1, 0.15) is 22.5 Å². The van der Waals surface area contributed by atoms with Crippen LogP contribution >= 0.6 is 0 Å². The molecule has 0 unspecified atom stereocenters. The van der Waals surface area contributed by atoms with E-state index < -0.39 is 0 Å². The lowest BCUT2D eigenvalue weighted by Gasteiger charge is -2.04. The van der Waals surface area contributed by atoms with Gasteiger partial charge in [0, 0.05) is 17.4 Å². The highest BCUT2D eigenvalue weighted by Gasteiger charge is 2.10. The number of aromatic hydroxyl groups is 1. The molecule has 0 spiro atoms. The van der Waals surface area contributed by atoms with Gasteiger partial charge in [0.25, 0.3) is 5.91 Å². The maximum Gasteiger partial charge on any atom is 0.267 e. The van der Waals surface area contributed by atoms with E-state index in [1.807, 2.05) is 36.4 Å². The van der Waals surface area contributed by atoms with Gasteiger partial charge in [0.05, 0.1) is 0 Å². The van der Waals surface area contributed by atoms with Crippen LogP contribution in [0.15, 0.2) is 66.7 Å². The molecule has 0 bridgehead atoms. The van der Waals surface area contributed by atoms with Gasteiger partial charge in [-0.05, 0) is 53.4 Å². The molecule has 130 valence electrons. The highest BCUT2D eigenvalue weighted by Crippen LogP contribution is 2.25. The molecule has 26 heavy (non-hydrogen) atoms. The first-order valence-corrected chi connectivity index (χ1v) is 8.77. The number of carbonyl (C=O) groups is 1. The Hall–Kier alpha value is -3.27. The molecule has 0 aliphatic heterocycles. The fraction of sp³-hybridized carbons (Fsp3) is 0.136. The van der Waals surface area contributed by atoms with Crippen LogP contribution in [0, 0.1) is 0 Å². The molecule has 0 atom stereocenters. The average molecular weight is 344 g/mol. The van der Waals surface area contributed by atoms with Crippen LogP contribution in [0.3, 0.4) is 0 Å². The van der Waals surface area contributed by atoms with E-state index in [9.17, 15) is 9.90 Å². The molecule has 0 radical (unpaired) electrons. The number of phenolic OH excluding ortho intramolecular Hbond substituents is 1. The summed E-state index contributed by atoms with van der Waals surface area (Å²) < 4.78 is 0. The zero-order valence-corrected chi connectivity index (χ0v) is 14.3. The zero-order valence-electron chi connectivity index (χ0n) is 14.3. The number of phenols is 1. The van der Waals surface area contributed by atoms with Gasteiger partial charge in [-0.3, -0.25) is 4.79 Å². The van der Waals surface area contributed by atoms with Crippen LogP contribution in [0.4, 0.5) is 0 Å². The fourth-order valence-electron chi connectivity index (χ4n) is 3.26. The normalized spacial score (nSPS) is 11.1. The largest absolute Gasteiger partial charge is 0.508 e. The van der Waals surface area contributed by atoms with E-state index in [1.54, 1.807) is 12.1 Å². The molecule has 4 heteroatoms. The highest BCUT2D eigenvalue weighted by atomic mass is 16.3. The first-order valence-electron chi connectivity index (χ1n) is 8.77. The average Bonchev–Trinajstić information content (AvgIpc) is 3.11. The number of H-pyrrole nitrogens is 1. The summed E-state index contributed by atoms with van der Waals surface area (Å²) in [4.78, 5) is 15.6. The van der Waals surface area contributed by atoms with Crippen LogP contribution in [-0.4, -0.2) is 22.5 Å². The third-order valence-corrected chi connectivity index (χ3v) is 4.64. The maximum atomic E-state index is 12.4. The molecule has 0 saturated heterocycles. The van der Waals surface area contributed by atoms with E-state index in [1.165, 1.54) is 5.39 Å². The summed E-state index contributed by atoms with van der Waals surface area (Å²) in [6.07, 6.45) is 1.71. The molecule has 0 saturated carbocycles. The highest BCUT2D eigenvalue weighted by molar-refractivity contribution is 6.09. The predicted octanol–water partition coefficient (Wildman–Crippen LogP) is 4.39. The van der Waals surface area contributed by atoms with E-state index in [-0.39, 0.29) is 11.7 Å². The molecule has 1 aromatic heterocycles. The van der Waals surface area contributed by atoms with Crippen molar-refractivity contribution in [2.45, 2.75) is 12.8 Å². The first kappa shape index (κ1) is 16.2. The summed E-state index contributed by atoms with van der Waals surface area (Å²) in [7, 11) is 0. The summed E-state index contributed by atoms with van der Waals surface area (Å²) in [6.45, 7) is 0.607. The molecule has 3 N–H and O–H groups in total. The van der Waals surface area contributed by atoms with Crippen LogP contribution in [0.25, 0.3) is 21.7 Å². The number of amides is 1. The molecule has 1 amide bonds. The Bertz CT molecular complexity index is 1060. The SMILES string of the molecule is O=C(NCCCc1ccc(O)cc1)c1cc2c(ccc3ccccc32)[nH]1. The Labute approximate surface area is 151 Å². The third kappa shape index (κ3) is 3.26. The van der Waals surface area contributed by atoms with Crippen molar-refractivity contribution >= 4 is 27.6 Å². The molecular weight excluding hydrogens is 324 g/mol. The zero-order chi connectivity index (χ0) is 17.9. The number of aryl methyl sites for hydroxylation is 1. The molecule has 0 aliphatic rings. The van der Waals surface area contributed by atoms with E-state index in [0.29, 0.717) is 12.2 Å². The standard InChI is InChI=1S/C22H20N2O2/c25-17-10-7-15(8-11-17)4-3-13-23-22(26)21-14-19-18-6-2-1-5-16(18)9-12-20(19)24-21/h1-2,5-12,14,24-25H,3-4,13H2,(H,23,26). The molecule has 1 heterocycles. The van der Waals surface area contributed by atoms with Crippen molar-refractivity contribution in [1.82, 2.24) is 10.3 Å². The van der Waals surface area contributed by atoms with Crippen molar-refractivity contribution in [2.75, 3.05) is 6.54 Å². The molecular formula is C22H20N2O2. The van der Waals surface area contributed by atoms with Crippen molar-refractivity contribution < 1.29 is 9.90 Å². The second-order valence-electron chi connectivity index (χ2n) is 6.46. The lowest BCUT2D eigenvalue weighted by atomic mass is 10.1. The molecule has 4 nitrogen and oxygen atoms in total. The number of benzene rings is 3. The summed E-state index contributed by atoms with van der Waals surface area (Å²) >= 11 is 0. The second kappa shape index (κ2) is 6.92. The van der Waals surface area contributed by atoms with Gasteiger partial charge in [-0.2, -0.15) is 0 Å². The number of hydrogen-bond acceptors (Lipinski definition) is 2. The molecule has 3 aromatic carbocycles. The van der Waals surface area contributed by atoms with E-state index >= 15 is 0 Å². The predicted molar refractivity (Wildman–Crippen MR) is 105 cm³/mol. The summed E-state index contributed by atoms with van der Waals surface area (Å²) in [5.41, 5.74) is 2.70. The van der Waals surface area contributed by atoms with Crippen LogP contribution in [0.2, 0.25) is 0 Å². The van der Waals surface area contributed by atoms with Gasteiger partial charge in [-0.15, -0.1) is 0 Å². The topological polar surface area (TPSA) is 65.1 Å². The molecule has 4 rings (SSSR count). The van der Waals surface area contributed by atoms with Gasteiger partial charge in [0.2, 0.25) is 0 Å². The summed E-state index contributed by atoms with van der Waals surface area (Å²) in [5, 5.41) is 15.6. The summed E-state index contributed by atoms with van der Waals surface area (Å²) in [5.74, 6) is 0.185. The molecule has 0 fully saturated rings. The molecule has 4 aromatic rings. The lowest BCUT2D eigenvalue weighted by Crippen LogP contribution is -2.25. The van der Waals surface area contributed by atoms with Gasteiger partial charge < -0.3 is 15.4 Å². The Morgan fingerprint density at radius 2 is 1.77 bits per heavy atom. The minimum atomic E-state index is -0.0870. The lowest BCUT2D eigenvalue weighted by molar-refractivity contribution is 0.0949. The minimum Gasteiger partial charge on any atom is -0.508 e. The number of aromatic nitrogens is 1. The van der Waals surface area contributed by atoms with Crippen LogP contribution < -0.4 is 5.32 Å². The van der Waals surface area contributed by atoms with E-state index in [0.717, 1.165) is 34.7 Å².